The van der Waals surface area contributed by atoms with Gasteiger partial charge in [0.1, 0.15) is 0 Å². The van der Waals surface area contributed by atoms with Gasteiger partial charge in [-0.05, 0) is 0 Å². The highest BCUT2D eigenvalue weighted by molar-refractivity contribution is 6.02. The highest BCUT2D eigenvalue weighted by atomic mass is 16.7. The molecule has 16 heavy (non-hydrogen) atoms. The van der Waals surface area contributed by atoms with Gasteiger partial charge >= 0.3 is 6.16 Å². The first kappa shape index (κ1) is 10.9. The lowest BCUT2D eigenvalue weighted by Crippen LogP contribution is -2.46. The van der Waals surface area contributed by atoms with Crippen molar-refractivity contribution in [2.45, 2.75) is 31.6 Å². The Morgan fingerprint density at radius 1 is 1.38 bits per heavy atom. The molecule has 0 aromatic rings. The molecular weight excluding hydrogens is 218 g/mol. The van der Waals surface area contributed by atoms with Gasteiger partial charge in [-0.3, -0.25) is 14.5 Å². The first-order valence-corrected chi connectivity index (χ1v) is 4.95. The lowest BCUT2D eigenvalue weighted by molar-refractivity contribution is -0.156. The number of ether oxygens (including phenoxy) is 2. The standard InChI is InChI=1S/C9H11NO6/c11-6-1-2-7(12)10(6)8-5(3-4-15-8)16-9(13)14/h5,8H,1-4H2,(H,13,14)/t5?,8-/m0/s1. The van der Waals surface area contributed by atoms with Gasteiger partial charge < -0.3 is 14.6 Å². The van der Waals surface area contributed by atoms with Crippen LogP contribution in [0.4, 0.5) is 4.79 Å². The van der Waals surface area contributed by atoms with Gasteiger partial charge in [0.2, 0.25) is 11.8 Å². The second kappa shape index (κ2) is 4.09. The second-order valence-electron chi connectivity index (χ2n) is 3.63. The van der Waals surface area contributed by atoms with Gasteiger partial charge in [-0.1, -0.05) is 0 Å². The van der Waals surface area contributed by atoms with E-state index in [0.29, 0.717) is 6.42 Å². The normalized spacial score (nSPS) is 29.9. The first-order chi connectivity index (χ1) is 7.59. The number of carboxylic acid groups (broad SMARTS) is 1. The molecule has 0 aromatic heterocycles. The summed E-state index contributed by atoms with van der Waals surface area (Å²) in [6.07, 6.45) is -2.44. The van der Waals surface area contributed by atoms with Crippen LogP contribution in [0.5, 0.6) is 0 Å². The van der Waals surface area contributed by atoms with Gasteiger partial charge in [0.15, 0.2) is 12.3 Å². The maximum atomic E-state index is 11.4. The number of rotatable bonds is 2. The highest BCUT2D eigenvalue weighted by Crippen LogP contribution is 2.25. The third kappa shape index (κ3) is 1.85. The SMILES string of the molecule is O=C(O)OC1CCO[C@@H]1N1C(=O)CCC1=O. The summed E-state index contributed by atoms with van der Waals surface area (Å²) >= 11 is 0. The zero-order valence-corrected chi connectivity index (χ0v) is 8.42. The Balaban J connectivity index is 2.10. The fourth-order valence-corrected chi connectivity index (χ4v) is 1.92. The van der Waals surface area contributed by atoms with E-state index in [-0.39, 0.29) is 31.3 Å². The molecule has 2 aliphatic heterocycles. The van der Waals surface area contributed by atoms with Crippen LogP contribution in [-0.4, -0.2) is 46.9 Å². The Morgan fingerprint density at radius 3 is 2.56 bits per heavy atom. The second-order valence-corrected chi connectivity index (χ2v) is 3.63. The van der Waals surface area contributed by atoms with E-state index in [1.165, 1.54) is 0 Å². The van der Waals surface area contributed by atoms with Gasteiger partial charge in [0.25, 0.3) is 0 Å². The van der Waals surface area contributed by atoms with Crippen molar-refractivity contribution in [2.24, 2.45) is 0 Å². The fourth-order valence-electron chi connectivity index (χ4n) is 1.92. The minimum atomic E-state index is -1.43. The van der Waals surface area contributed by atoms with Crippen LogP contribution in [0.2, 0.25) is 0 Å². The number of carbonyl (C=O) groups excluding carboxylic acids is 2. The predicted octanol–water partition coefficient (Wildman–Crippen LogP) is -0.0550. The maximum Gasteiger partial charge on any atom is 0.506 e. The summed E-state index contributed by atoms with van der Waals surface area (Å²) in [6, 6.07) is 0. The van der Waals surface area contributed by atoms with Gasteiger partial charge in [0.05, 0.1) is 6.61 Å². The van der Waals surface area contributed by atoms with E-state index < -0.39 is 18.5 Å². The molecule has 0 bridgehead atoms. The summed E-state index contributed by atoms with van der Waals surface area (Å²) in [5.74, 6) is -0.674. The summed E-state index contributed by atoms with van der Waals surface area (Å²) in [7, 11) is 0. The molecule has 1 unspecified atom stereocenters. The number of amides is 2. The molecule has 0 aromatic carbocycles. The monoisotopic (exact) mass is 229 g/mol. The molecule has 2 saturated heterocycles. The zero-order valence-electron chi connectivity index (χ0n) is 8.42. The molecule has 0 saturated carbocycles. The number of imide groups is 1. The molecule has 0 radical (unpaired) electrons. The van der Waals surface area contributed by atoms with Crippen molar-refractivity contribution < 1.29 is 29.0 Å². The average Bonchev–Trinajstić information content (AvgIpc) is 2.74. The lowest BCUT2D eigenvalue weighted by Gasteiger charge is -2.25. The Hall–Kier alpha value is -1.63. The van der Waals surface area contributed by atoms with Crippen LogP contribution in [0.25, 0.3) is 0 Å². The van der Waals surface area contributed by atoms with E-state index in [9.17, 15) is 14.4 Å². The van der Waals surface area contributed by atoms with E-state index in [0.717, 1.165) is 4.90 Å². The van der Waals surface area contributed by atoms with Crippen molar-refractivity contribution in [1.29, 1.82) is 0 Å². The molecule has 2 fully saturated rings. The highest BCUT2D eigenvalue weighted by Gasteiger charge is 2.44. The molecule has 0 aliphatic carbocycles. The zero-order chi connectivity index (χ0) is 11.7. The molecule has 7 heteroatoms. The summed E-state index contributed by atoms with van der Waals surface area (Å²) in [5.41, 5.74) is 0. The van der Waals surface area contributed by atoms with Crippen molar-refractivity contribution >= 4 is 18.0 Å². The topological polar surface area (TPSA) is 93.1 Å². The third-order valence-electron chi connectivity index (χ3n) is 2.61. The number of hydrogen-bond donors (Lipinski definition) is 1. The number of nitrogens with zero attached hydrogens (tertiary/aromatic N) is 1. The van der Waals surface area contributed by atoms with E-state index in [1.807, 2.05) is 0 Å². The van der Waals surface area contributed by atoms with Crippen LogP contribution in [0.3, 0.4) is 0 Å². The Morgan fingerprint density at radius 2 is 2.00 bits per heavy atom. The smallest absolute Gasteiger partial charge is 0.450 e. The van der Waals surface area contributed by atoms with Crippen LogP contribution >= 0.6 is 0 Å². The van der Waals surface area contributed by atoms with E-state index in [4.69, 9.17) is 9.84 Å². The van der Waals surface area contributed by atoms with Crippen LogP contribution in [0.15, 0.2) is 0 Å². The number of hydrogen-bond acceptors (Lipinski definition) is 5. The molecule has 7 nitrogen and oxygen atoms in total. The van der Waals surface area contributed by atoms with Crippen LogP contribution in [0.1, 0.15) is 19.3 Å². The van der Waals surface area contributed by atoms with E-state index in [2.05, 4.69) is 4.74 Å². The van der Waals surface area contributed by atoms with Crippen molar-refractivity contribution in [3.05, 3.63) is 0 Å². The molecule has 2 rings (SSSR count). The van der Waals surface area contributed by atoms with Crippen LogP contribution in [0, 0.1) is 0 Å². The number of carbonyl (C=O) groups is 3. The summed E-state index contributed by atoms with van der Waals surface area (Å²) in [4.78, 5) is 34.2. The number of likely N-dealkylation sites (tertiary alicyclic amines) is 1. The molecule has 2 amide bonds. The van der Waals surface area contributed by atoms with Crippen LogP contribution in [-0.2, 0) is 19.1 Å². The first-order valence-electron chi connectivity index (χ1n) is 4.95. The van der Waals surface area contributed by atoms with Crippen molar-refractivity contribution in [3.63, 3.8) is 0 Å². The van der Waals surface area contributed by atoms with Gasteiger partial charge in [-0.15, -0.1) is 0 Å². The molecule has 2 aliphatic rings. The van der Waals surface area contributed by atoms with Gasteiger partial charge in [0, 0.05) is 19.3 Å². The Labute approximate surface area is 90.9 Å². The molecule has 2 atom stereocenters. The minimum absolute atomic E-state index is 0.151. The quantitative estimate of drug-likeness (QED) is 0.527. The van der Waals surface area contributed by atoms with Gasteiger partial charge in [-0.2, -0.15) is 0 Å². The molecule has 2 heterocycles. The molecular formula is C9H11NO6. The van der Waals surface area contributed by atoms with E-state index in [1.54, 1.807) is 0 Å². The van der Waals surface area contributed by atoms with Crippen molar-refractivity contribution in [1.82, 2.24) is 4.90 Å². The Kier molecular flexibility index (Phi) is 2.78. The maximum absolute atomic E-state index is 11.4. The fraction of sp³-hybridized carbons (Fsp3) is 0.667. The summed E-state index contributed by atoms with van der Waals surface area (Å²) in [5, 5.41) is 8.50. The molecule has 0 spiro atoms. The van der Waals surface area contributed by atoms with Crippen LogP contribution < -0.4 is 0 Å². The lowest BCUT2D eigenvalue weighted by atomic mass is 10.2. The largest absolute Gasteiger partial charge is 0.506 e. The predicted molar refractivity (Wildman–Crippen MR) is 48.3 cm³/mol. The van der Waals surface area contributed by atoms with Crippen molar-refractivity contribution in [2.75, 3.05) is 6.61 Å². The third-order valence-corrected chi connectivity index (χ3v) is 2.61. The van der Waals surface area contributed by atoms with Crippen molar-refractivity contribution in [3.8, 4) is 0 Å². The minimum Gasteiger partial charge on any atom is -0.450 e. The van der Waals surface area contributed by atoms with Gasteiger partial charge in [-0.25, -0.2) is 4.79 Å². The summed E-state index contributed by atoms with van der Waals surface area (Å²) < 4.78 is 9.77. The summed E-state index contributed by atoms with van der Waals surface area (Å²) in [6.45, 7) is 0.277. The Bertz CT molecular complexity index is 325. The molecule has 1 N–H and O–H groups in total. The average molecular weight is 229 g/mol. The molecule has 88 valence electrons. The van der Waals surface area contributed by atoms with E-state index >= 15 is 0 Å².